The Morgan fingerprint density at radius 3 is 2.75 bits per heavy atom. The predicted molar refractivity (Wildman–Crippen MR) is 64.1 cm³/mol. The van der Waals surface area contributed by atoms with Crippen molar-refractivity contribution in [1.29, 1.82) is 0 Å². The monoisotopic (exact) mass is 226 g/mol. The van der Waals surface area contributed by atoms with Gasteiger partial charge in [-0.05, 0) is 25.9 Å². The van der Waals surface area contributed by atoms with Crippen LogP contribution in [0.4, 0.5) is 0 Å². The number of esters is 1. The number of unbranched alkanes of at least 4 members (excludes halogenated alkanes) is 1. The molecule has 1 saturated heterocycles. The third kappa shape index (κ3) is 4.77. The van der Waals surface area contributed by atoms with Gasteiger partial charge >= 0.3 is 5.97 Å². The molecule has 0 aromatic heterocycles. The van der Waals surface area contributed by atoms with Gasteiger partial charge in [-0.3, -0.25) is 9.80 Å². The molecule has 0 unspecified atom stereocenters. The molecule has 4 heteroatoms. The maximum atomic E-state index is 10.8. The minimum absolute atomic E-state index is 0.321. The highest BCUT2D eigenvalue weighted by atomic mass is 16.5. The molecular formula is C12H22N2O2. The molecule has 0 radical (unpaired) electrons. The fraction of sp³-hybridized carbons (Fsp3) is 0.750. The van der Waals surface area contributed by atoms with Crippen molar-refractivity contribution in [2.75, 3.05) is 39.5 Å². The molecule has 0 N–H and O–H groups in total. The standard InChI is InChI=1S/C12H22N2O2/c1-3-12(15)16-10-6-5-7-14-9-8-13(4-2)11-14/h3H,1,4-11H2,2H3. The first kappa shape index (κ1) is 13.2. The van der Waals surface area contributed by atoms with Crippen LogP contribution in [0.5, 0.6) is 0 Å². The number of hydrogen-bond donors (Lipinski definition) is 0. The second kappa shape index (κ2) is 7.41. The Morgan fingerprint density at radius 2 is 2.12 bits per heavy atom. The summed E-state index contributed by atoms with van der Waals surface area (Å²) in [5, 5.41) is 0. The van der Waals surface area contributed by atoms with Crippen LogP contribution in [0.1, 0.15) is 19.8 Å². The highest BCUT2D eigenvalue weighted by Crippen LogP contribution is 2.05. The first-order valence-electron chi connectivity index (χ1n) is 6.00. The summed E-state index contributed by atoms with van der Waals surface area (Å²) >= 11 is 0. The number of carbonyl (C=O) groups is 1. The summed E-state index contributed by atoms with van der Waals surface area (Å²) in [5.74, 6) is -0.321. The smallest absolute Gasteiger partial charge is 0.330 e. The van der Waals surface area contributed by atoms with Crippen LogP contribution in [-0.2, 0) is 9.53 Å². The third-order valence-corrected chi connectivity index (χ3v) is 2.86. The number of rotatable bonds is 7. The molecule has 0 atom stereocenters. The van der Waals surface area contributed by atoms with Gasteiger partial charge in [0.15, 0.2) is 0 Å². The van der Waals surface area contributed by atoms with Gasteiger partial charge in [0, 0.05) is 19.2 Å². The summed E-state index contributed by atoms with van der Waals surface area (Å²) in [7, 11) is 0. The van der Waals surface area contributed by atoms with E-state index in [2.05, 4.69) is 23.3 Å². The van der Waals surface area contributed by atoms with Crippen LogP contribution in [0.15, 0.2) is 12.7 Å². The van der Waals surface area contributed by atoms with Crippen molar-refractivity contribution in [2.24, 2.45) is 0 Å². The van der Waals surface area contributed by atoms with Crippen LogP contribution in [0.2, 0.25) is 0 Å². The summed E-state index contributed by atoms with van der Waals surface area (Å²) in [6.45, 7) is 11.7. The Morgan fingerprint density at radius 1 is 1.38 bits per heavy atom. The Labute approximate surface area is 97.9 Å². The lowest BCUT2D eigenvalue weighted by atomic mass is 10.3. The quantitative estimate of drug-likeness (QED) is 0.369. The normalized spacial score (nSPS) is 17.6. The molecule has 92 valence electrons. The van der Waals surface area contributed by atoms with E-state index < -0.39 is 0 Å². The molecule has 0 aromatic rings. The van der Waals surface area contributed by atoms with Crippen molar-refractivity contribution in [2.45, 2.75) is 19.8 Å². The van der Waals surface area contributed by atoms with Crippen LogP contribution in [0.3, 0.4) is 0 Å². The average Bonchev–Trinajstić information content (AvgIpc) is 2.76. The molecule has 1 rings (SSSR count). The van der Waals surface area contributed by atoms with Gasteiger partial charge < -0.3 is 4.74 Å². The molecule has 1 aliphatic rings. The predicted octanol–water partition coefficient (Wildman–Crippen LogP) is 1.09. The van der Waals surface area contributed by atoms with Crippen molar-refractivity contribution >= 4 is 5.97 Å². The SMILES string of the molecule is C=CC(=O)OCCCCN1CCN(CC)C1. The van der Waals surface area contributed by atoms with Crippen LogP contribution in [0, 0.1) is 0 Å². The van der Waals surface area contributed by atoms with Gasteiger partial charge in [-0.15, -0.1) is 0 Å². The summed E-state index contributed by atoms with van der Waals surface area (Å²) in [6, 6.07) is 0. The zero-order chi connectivity index (χ0) is 11.8. The van der Waals surface area contributed by atoms with Gasteiger partial charge in [-0.1, -0.05) is 13.5 Å². The molecule has 1 aliphatic heterocycles. The van der Waals surface area contributed by atoms with Crippen molar-refractivity contribution in [3.63, 3.8) is 0 Å². The number of carbonyl (C=O) groups excluding carboxylic acids is 1. The van der Waals surface area contributed by atoms with Gasteiger partial charge in [-0.25, -0.2) is 4.79 Å². The molecule has 0 bridgehead atoms. The van der Waals surface area contributed by atoms with Gasteiger partial charge in [0.05, 0.1) is 13.3 Å². The molecule has 0 amide bonds. The lowest BCUT2D eigenvalue weighted by Crippen LogP contribution is -2.26. The molecule has 0 saturated carbocycles. The second-order valence-electron chi connectivity index (χ2n) is 4.05. The van der Waals surface area contributed by atoms with E-state index in [1.807, 2.05) is 0 Å². The number of nitrogens with zero attached hydrogens (tertiary/aromatic N) is 2. The average molecular weight is 226 g/mol. The molecule has 0 aromatic carbocycles. The van der Waals surface area contributed by atoms with Crippen molar-refractivity contribution in [1.82, 2.24) is 9.80 Å². The topological polar surface area (TPSA) is 32.8 Å². The Kier molecular flexibility index (Phi) is 6.11. The Balaban J connectivity index is 1.96. The summed E-state index contributed by atoms with van der Waals surface area (Å²) in [6.07, 6.45) is 3.23. The fourth-order valence-electron chi connectivity index (χ4n) is 1.82. The Bertz CT molecular complexity index is 231. The maximum absolute atomic E-state index is 10.8. The highest BCUT2D eigenvalue weighted by molar-refractivity contribution is 5.81. The van der Waals surface area contributed by atoms with E-state index in [0.29, 0.717) is 6.61 Å². The van der Waals surface area contributed by atoms with Gasteiger partial charge in [0.1, 0.15) is 0 Å². The number of hydrogen-bond acceptors (Lipinski definition) is 4. The fourth-order valence-corrected chi connectivity index (χ4v) is 1.82. The number of likely N-dealkylation sites (N-methyl/N-ethyl adjacent to an activating group) is 1. The second-order valence-corrected chi connectivity index (χ2v) is 4.05. The van der Waals surface area contributed by atoms with E-state index in [1.54, 1.807) is 0 Å². The van der Waals surface area contributed by atoms with Crippen molar-refractivity contribution in [3.8, 4) is 0 Å². The zero-order valence-corrected chi connectivity index (χ0v) is 10.2. The third-order valence-electron chi connectivity index (χ3n) is 2.86. The molecule has 4 nitrogen and oxygen atoms in total. The lowest BCUT2D eigenvalue weighted by molar-refractivity contribution is -0.137. The minimum Gasteiger partial charge on any atom is -0.463 e. The van der Waals surface area contributed by atoms with E-state index >= 15 is 0 Å². The molecule has 0 aliphatic carbocycles. The van der Waals surface area contributed by atoms with Crippen LogP contribution < -0.4 is 0 Å². The minimum atomic E-state index is -0.321. The maximum Gasteiger partial charge on any atom is 0.330 e. The van der Waals surface area contributed by atoms with Gasteiger partial charge in [0.2, 0.25) is 0 Å². The summed E-state index contributed by atoms with van der Waals surface area (Å²) < 4.78 is 4.91. The van der Waals surface area contributed by atoms with E-state index in [-0.39, 0.29) is 5.97 Å². The van der Waals surface area contributed by atoms with Crippen molar-refractivity contribution in [3.05, 3.63) is 12.7 Å². The largest absolute Gasteiger partial charge is 0.463 e. The number of ether oxygens (including phenoxy) is 1. The zero-order valence-electron chi connectivity index (χ0n) is 10.2. The first-order valence-corrected chi connectivity index (χ1v) is 6.00. The highest BCUT2D eigenvalue weighted by Gasteiger charge is 2.17. The molecule has 0 spiro atoms. The van der Waals surface area contributed by atoms with Gasteiger partial charge in [0.25, 0.3) is 0 Å². The van der Waals surface area contributed by atoms with E-state index in [9.17, 15) is 4.79 Å². The Hall–Kier alpha value is -0.870. The van der Waals surface area contributed by atoms with Crippen molar-refractivity contribution < 1.29 is 9.53 Å². The molecule has 1 heterocycles. The van der Waals surface area contributed by atoms with Crippen LogP contribution in [0.25, 0.3) is 0 Å². The molecular weight excluding hydrogens is 204 g/mol. The first-order chi connectivity index (χ1) is 7.76. The molecule has 16 heavy (non-hydrogen) atoms. The van der Waals surface area contributed by atoms with Crippen LogP contribution >= 0.6 is 0 Å². The summed E-state index contributed by atoms with van der Waals surface area (Å²) in [4.78, 5) is 15.6. The molecule has 1 fully saturated rings. The van der Waals surface area contributed by atoms with E-state index in [1.165, 1.54) is 19.2 Å². The van der Waals surface area contributed by atoms with E-state index in [0.717, 1.165) is 32.6 Å². The summed E-state index contributed by atoms with van der Waals surface area (Å²) in [5.41, 5.74) is 0. The lowest BCUT2D eigenvalue weighted by Gasteiger charge is -2.16. The van der Waals surface area contributed by atoms with Gasteiger partial charge in [-0.2, -0.15) is 0 Å². The van der Waals surface area contributed by atoms with Crippen LogP contribution in [-0.4, -0.2) is 55.2 Å². The van der Waals surface area contributed by atoms with E-state index in [4.69, 9.17) is 4.74 Å².